The molecule has 1 heterocycles. The number of aromatic amines is 1. The molecule has 0 aromatic carbocycles. The van der Waals surface area contributed by atoms with Crippen LogP contribution < -0.4 is 5.32 Å². The van der Waals surface area contributed by atoms with Gasteiger partial charge in [-0.2, -0.15) is 0 Å². The molecule has 0 saturated heterocycles. The molecular formula is C10H18BrN3. The number of H-pyrrole nitrogens is 1. The zero-order chi connectivity index (χ0) is 10.4. The topological polar surface area (TPSA) is 31.1 Å². The minimum Gasteiger partial charge on any atom is -0.363 e. The largest absolute Gasteiger partial charge is 0.363 e. The number of hydrogen-bond donors (Lipinski definition) is 2. The van der Waals surface area contributed by atoms with Gasteiger partial charge in [-0.05, 0) is 35.6 Å². The summed E-state index contributed by atoms with van der Waals surface area (Å²) in [6.45, 7) is 6.31. The number of rotatable bonds is 6. The molecule has 2 N–H and O–H groups in total. The highest BCUT2D eigenvalue weighted by atomic mass is 79.9. The molecule has 0 spiro atoms. The molecular weight excluding hydrogens is 242 g/mol. The molecule has 0 amide bonds. The van der Waals surface area contributed by atoms with Crippen molar-refractivity contribution in [3.63, 3.8) is 0 Å². The second-order valence-electron chi connectivity index (χ2n) is 3.42. The van der Waals surface area contributed by atoms with Gasteiger partial charge in [-0.15, -0.1) is 0 Å². The Morgan fingerprint density at radius 2 is 2.36 bits per heavy atom. The van der Waals surface area contributed by atoms with Crippen LogP contribution in [-0.4, -0.2) is 36.6 Å². The first-order valence-electron chi connectivity index (χ1n) is 4.94. The quantitative estimate of drug-likeness (QED) is 0.764. The first-order chi connectivity index (χ1) is 6.72. The Morgan fingerprint density at radius 3 is 2.93 bits per heavy atom. The monoisotopic (exact) mass is 259 g/mol. The lowest BCUT2D eigenvalue weighted by Gasteiger charge is -2.13. The molecule has 0 unspecified atom stereocenters. The van der Waals surface area contributed by atoms with Crippen LogP contribution in [0, 0.1) is 0 Å². The summed E-state index contributed by atoms with van der Waals surface area (Å²) in [4.78, 5) is 5.47. The Kier molecular flexibility index (Phi) is 5.22. The molecule has 14 heavy (non-hydrogen) atoms. The molecule has 0 saturated carbocycles. The Hall–Kier alpha value is -0.320. The van der Waals surface area contributed by atoms with Crippen molar-refractivity contribution in [3.05, 3.63) is 22.4 Å². The summed E-state index contributed by atoms with van der Waals surface area (Å²) in [6.07, 6.45) is 1.95. The van der Waals surface area contributed by atoms with Gasteiger partial charge in [0, 0.05) is 36.0 Å². The number of nitrogens with zero attached hydrogens (tertiary/aromatic N) is 1. The van der Waals surface area contributed by atoms with Gasteiger partial charge in [0.2, 0.25) is 0 Å². The van der Waals surface area contributed by atoms with E-state index in [1.54, 1.807) is 0 Å². The zero-order valence-corrected chi connectivity index (χ0v) is 10.4. The Labute approximate surface area is 94.0 Å². The van der Waals surface area contributed by atoms with Gasteiger partial charge >= 0.3 is 0 Å². The van der Waals surface area contributed by atoms with Crippen LogP contribution in [0.4, 0.5) is 0 Å². The molecule has 0 aliphatic carbocycles. The van der Waals surface area contributed by atoms with Crippen LogP contribution in [0.5, 0.6) is 0 Å². The number of nitrogens with one attached hydrogen (secondary N) is 2. The van der Waals surface area contributed by atoms with Gasteiger partial charge in [-0.3, -0.25) is 0 Å². The van der Waals surface area contributed by atoms with Crippen molar-refractivity contribution in [2.45, 2.75) is 13.5 Å². The zero-order valence-electron chi connectivity index (χ0n) is 8.81. The fraction of sp³-hybridized carbons (Fsp3) is 0.600. The lowest BCUT2D eigenvalue weighted by molar-refractivity contribution is 0.348. The third-order valence-corrected chi connectivity index (χ3v) is 2.69. The molecule has 1 aromatic heterocycles. The SMILES string of the molecule is CCN(C)CCNCc1cc(Br)c[nH]1. The standard InChI is InChI=1S/C10H18BrN3/c1-3-14(2)5-4-12-8-10-6-9(11)7-13-10/h6-7,12-13H,3-5,8H2,1-2H3. The van der Waals surface area contributed by atoms with Crippen LogP contribution in [0.2, 0.25) is 0 Å². The summed E-state index contributed by atoms with van der Waals surface area (Å²) in [7, 11) is 2.13. The highest BCUT2D eigenvalue weighted by Crippen LogP contribution is 2.09. The maximum absolute atomic E-state index is 3.41. The molecule has 0 radical (unpaired) electrons. The van der Waals surface area contributed by atoms with Crippen molar-refractivity contribution in [1.29, 1.82) is 0 Å². The average Bonchev–Trinajstić information content (AvgIpc) is 2.58. The third-order valence-electron chi connectivity index (χ3n) is 2.23. The van der Waals surface area contributed by atoms with Crippen LogP contribution >= 0.6 is 15.9 Å². The van der Waals surface area contributed by atoms with E-state index in [1.165, 1.54) is 5.69 Å². The van der Waals surface area contributed by atoms with Gasteiger partial charge in [0.25, 0.3) is 0 Å². The molecule has 3 nitrogen and oxygen atoms in total. The summed E-state index contributed by atoms with van der Waals surface area (Å²) >= 11 is 3.41. The maximum Gasteiger partial charge on any atom is 0.0358 e. The number of aromatic nitrogens is 1. The Balaban J connectivity index is 2.10. The van der Waals surface area contributed by atoms with Gasteiger partial charge in [0.15, 0.2) is 0 Å². The van der Waals surface area contributed by atoms with Crippen LogP contribution in [0.25, 0.3) is 0 Å². The van der Waals surface area contributed by atoms with E-state index < -0.39 is 0 Å². The smallest absolute Gasteiger partial charge is 0.0358 e. The van der Waals surface area contributed by atoms with Crippen LogP contribution in [0.1, 0.15) is 12.6 Å². The summed E-state index contributed by atoms with van der Waals surface area (Å²) < 4.78 is 1.11. The van der Waals surface area contributed by atoms with E-state index in [0.29, 0.717) is 0 Å². The molecule has 0 aliphatic rings. The van der Waals surface area contributed by atoms with E-state index in [-0.39, 0.29) is 0 Å². The highest BCUT2D eigenvalue weighted by Gasteiger charge is 1.96. The molecule has 0 bridgehead atoms. The fourth-order valence-corrected chi connectivity index (χ4v) is 1.56. The van der Waals surface area contributed by atoms with Crippen molar-refractivity contribution in [2.24, 2.45) is 0 Å². The summed E-state index contributed by atoms with van der Waals surface area (Å²) in [5.41, 5.74) is 1.22. The maximum atomic E-state index is 3.41. The van der Waals surface area contributed by atoms with Gasteiger partial charge in [-0.25, -0.2) is 0 Å². The molecule has 0 atom stereocenters. The Bertz CT molecular complexity index is 260. The van der Waals surface area contributed by atoms with Crippen molar-refractivity contribution in [3.8, 4) is 0 Å². The minimum atomic E-state index is 0.906. The Morgan fingerprint density at radius 1 is 1.57 bits per heavy atom. The normalized spacial score (nSPS) is 11.1. The third kappa shape index (κ3) is 4.26. The van der Waals surface area contributed by atoms with E-state index in [4.69, 9.17) is 0 Å². The van der Waals surface area contributed by atoms with Crippen LogP contribution in [0.15, 0.2) is 16.7 Å². The average molecular weight is 260 g/mol. The van der Waals surface area contributed by atoms with Crippen molar-refractivity contribution >= 4 is 15.9 Å². The lowest BCUT2D eigenvalue weighted by atomic mass is 10.4. The summed E-state index contributed by atoms with van der Waals surface area (Å²) in [5, 5.41) is 3.39. The predicted molar refractivity (Wildman–Crippen MR) is 63.4 cm³/mol. The highest BCUT2D eigenvalue weighted by molar-refractivity contribution is 9.10. The van der Waals surface area contributed by atoms with Gasteiger partial charge < -0.3 is 15.2 Å². The number of halogens is 1. The van der Waals surface area contributed by atoms with Crippen molar-refractivity contribution in [2.75, 3.05) is 26.7 Å². The van der Waals surface area contributed by atoms with Crippen LogP contribution in [0.3, 0.4) is 0 Å². The van der Waals surface area contributed by atoms with E-state index in [9.17, 15) is 0 Å². The van der Waals surface area contributed by atoms with E-state index in [1.807, 2.05) is 6.20 Å². The van der Waals surface area contributed by atoms with Gasteiger partial charge in [-0.1, -0.05) is 6.92 Å². The first kappa shape index (κ1) is 11.8. The molecule has 4 heteroatoms. The fourth-order valence-electron chi connectivity index (χ4n) is 1.16. The minimum absolute atomic E-state index is 0.906. The lowest BCUT2D eigenvalue weighted by Crippen LogP contribution is -2.28. The molecule has 1 rings (SSSR count). The summed E-state index contributed by atoms with van der Waals surface area (Å²) in [5.74, 6) is 0. The molecule has 0 aliphatic heterocycles. The predicted octanol–water partition coefficient (Wildman–Crippen LogP) is 1.82. The first-order valence-corrected chi connectivity index (χ1v) is 5.73. The molecule has 0 fully saturated rings. The summed E-state index contributed by atoms with van der Waals surface area (Å²) in [6, 6.07) is 2.09. The number of hydrogen-bond acceptors (Lipinski definition) is 2. The van der Waals surface area contributed by atoms with Gasteiger partial charge in [0.1, 0.15) is 0 Å². The number of likely N-dealkylation sites (N-methyl/N-ethyl adjacent to an activating group) is 1. The van der Waals surface area contributed by atoms with E-state index in [0.717, 1.165) is 30.7 Å². The van der Waals surface area contributed by atoms with Crippen LogP contribution in [-0.2, 0) is 6.54 Å². The van der Waals surface area contributed by atoms with Gasteiger partial charge in [0.05, 0.1) is 0 Å². The second kappa shape index (κ2) is 6.22. The second-order valence-corrected chi connectivity index (χ2v) is 4.33. The molecule has 1 aromatic rings. The molecule has 80 valence electrons. The van der Waals surface area contributed by atoms with E-state index >= 15 is 0 Å². The van der Waals surface area contributed by atoms with E-state index in [2.05, 4.69) is 51.2 Å². The van der Waals surface area contributed by atoms with Crippen molar-refractivity contribution in [1.82, 2.24) is 15.2 Å². The van der Waals surface area contributed by atoms with Crippen molar-refractivity contribution < 1.29 is 0 Å².